The van der Waals surface area contributed by atoms with Crippen molar-refractivity contribution in [3.63, 3.8) is 0 Å². The molecule has 0 aliphatic carbocycles. The predicted octanol–water partition coefficient (Wildman–Crippen LogP) is 4.87. The number of rotatable bonds is 7. The lowest BCUT2D eigenvalue weighted by atomic mass is 10.0. The maximum atomic E-state index is 12.1. The van der Waals surface area contributed by atoms with Gasteiger partial charge in [-0.3, -0.25) is 4.72 Å². The summed E-state index contributed by atoms with van der Waals surface area (Å²) >= 11 is 0. The lowest BCUT2D eigenvalue weighted by Crippen LogP contribution is -2.14. The first-order valence-electron chi connectivity index (χ1n) is 10.5. The van der Waals surface area contributed by atoms with E-state index in [4.69, 9.17) is 4.99 Å². The zero-order valence-electron chi connectivity index (χ0n) is 18.7. The van der Waals surface area contributed by atoms with Gasteiger partial charge in [0, 0.05) is 41.9 Å². The Balaban J connectivity index is 1.90. The number of H-pyrrole nitrogens is 1. The SMILES string of the molecule is CCS(=O)(=O)Nc1ccc2[nH]c(O)c(C(=Nc3ccc(N(C)C)cc3)c3ccccc3)c2c1. The number of aliphatic imine (C=N–C) groups is 1. The largest absolute Gasteiger partial charge is 0.494 e. The Labute approximate surface area is 193 Å². The molecule has 4 aromatic rings. The fourth-order valence-electron chi connectivity index (χ4n) is 3.55. The van der Waals surface area contributed by atoms with Gasteiger partial charge in [0.2, 0.25) is 10.0 Å². The second-order valence-electron chi connectivity index (χ2n) is 7.85. The molecule has 0 spiro atoms. The van der Waals surface area contributed by atoms with Crippen LogP contribution in [-0.2, 0) is 10.0 Å². The minimum Gasteiger partial charge on any atom is -0.494 e. The number of anilines is 2. The van der Waals surface area contributed by atoms with Crippen LogP contribution in [0.1, 0.15) is 18.1 Å². The topological polar surface area (TPSA) is 97.8 Å². The van der Waals surface area contributed by atoms with E-state index < -0.39 is 10.0 Å². The molecule has 33 heavy (non-hydrogen) atoms. The molecule has 0 unspecified atom stereocenters. The molecule has 1 heterocycles. The van der Waals surface area contributed by atoms with Crippen molar-refractivity contribution in [1.29, 1.82) is 0 Å². The van der Waals surface area contributed by atoms with Crippen LogP contribution < -0.4 is 9.62 Å². The van der Waals surface area contributed by atoms with Crippen LogP contribution in [0.4, 0.5) is 17.1 Å². The van der Waals surface area contributed by atoms with Gasteiger partial charge in [-0.25, -0.2) is 13.4 Å². The van der Waals surface area contributed by atoms with Gasteiger partial charge in [0.1, 0.15) is 0 Å². The van der Waals surface area contributed by atoms with Gasteiger partial charge in [-0.1, -0.05) is 30.3 Å². The van der Waals surface area contributed by atoms with E-state index >= 15 is 0 Å². The molecule has 4 rings (SSSR count). The van der Waals surface area contributed by atoms with Crippen molar-refractivity contribution in [2.75, 3.05) is 29.5 Å². The number of hydrogen-bond acceptors (Lipinski definition) is 5. The number of nitrogens with one attached hydrogen (secondary N) is 2. The summed E-state index contributed by atoms with van der Waals surface area (Å²) in [6.45, 7) is 1.58. The van der Waals surface area contributed by atoms with E-state index in [2.05, 4.69) is 9.71 Å². The van der Waals surface area contributed by atoms with E-state index in [0.717, 1.165) is 16.9 Å². The molecular weight excluding hydrogens is 436 g/mol. The molecule has 0 atom stereocenters. The minimum absolute atomic E-state index is 0.0318. The van der Waals surface area contributed by atoms with Gasteiger partial charge < -0.3 is 15.0 Å². The Hall–Kier alpha value is -3.78. The smallest absolute Gasteiger partial charge is 0.232 e. The lowest BCUT2D eigenvalue weighted by molar-refractivity contribution is 0.457. The van der Waals surface area contributed by atoms with Crippen LogP contribution >= 0.6 is 0 Å². The van der Waals surface area contributed by atoms with Crippen molar-refractivity contribution in [2.45, 2.75) is 6.92 Å². The third-order valence-corrected chi connectivity index (χ3v) is 6.63. The number of sulfonamides is 1. The molecule has 7 nitrogen and oxygen atoms in total. The van der Waals surface area contributed by atoms with Gasteiger partial charge in [-0.2, -0.15) is 0 Å². The second-order valence-corrected chi connectivity index (χ2v) is 9.86. The van der Waals surface area contributed by atoms with Crippen LogP contribution in [0.2, 0.25) is 0 Å². The van der Waals surface area contributed by atoms with Gasteiger partial charge >= 0.3 is 0 Å². The normalized spacial score (nSPS) is 12.2. The molecule has 0 saturated carbocycles. The van der Waals surface area contributed by atoms with Crippen molar-refractivity contribution in [3.8, 4) is 5.88 Å². The van der Waals surface area contributed by atoms with Gasteiger partial charge in [-0.15, -0.1) is 0 Å². The molecule has 0 aliphatic heterocycles. The zero-order chi connectivity index (χ0) is 23.6. The first kappa shape index (κ1) is 22.4. The first-order chi connectivity index (χ1) is 15.8. The highest BCUT2D eigenvalue weighted by atomic mass is 32.2. The van der Waals surface area contributed by atoms with E-state index in [0.29, 0.717) is 27.9 Å². The van der Waals surface area contributed by atoms with E-state index in [1.54, 1.807) is 25.1 Å². The Morgan fingerprint density at radius 1 is 1.03 bits per heavy atom. The van der Waals surface area contributed by atoms with Crippen LogP contribution in [0.15, 0.2) is 77.8 Å². The van der Waals surface area contributed by atoms with Crippen LogP contribution in [0.25, 0.3) is 10.9 Å². The molecule has 0 saturated heterocycles. The fourth-order valence-corrected chi connectivity index (χ4v) is 4.18. The van der Waals surface area contributed by atoms with Crippen LogP contribution in [0.5, 0.6) is 5.88 Å². The standard InChI is InChI=1S/C25H26N4O3S/c1-4-33(31,32)28-19-12-15-22-21(16-19)23(25(30)27-22)24(17-8-6-5-7-9-17)26-18-10-13-20(14-11-18)29(2)3/h5-16,27-28,30H,4H2,1-3H3. The van der Waals surface area contributed by atoms with Gasteiger partial charge in [-0.05, 0) is 49.4 Å². The Morgan fingerprint density at radius 2 is 1.73 bits per heavy atom. The monoisotopic (exact) mass is 462 g/mol. The van der Waals surface area contributed by atoms with Crippen LogP contribution in [-0.4, -0.2) is 44.1 Å². The molecule has 0 amide bonds. The van der Waals surface area contributed by atoms with E-state index in [9.17, 15) is 13.5 Å². The van der Waals surface area contributed by atoms with Gasteiger partial charge in [0.25, 0.3) is 0 Å². The average Bonchev–Trinajstić information content (AvgIpc) is 3.13. The van der Waals surface area contributed by atoms with Crippen molar-refractivity contribution in [3.05, 3.63) is 83.9 Å². The highest BCUT2D eigenvalue weighted by molar-refractivity contribution is 7.92. The van der Waals surface area contributed by atoms with E-state index in [1.807, 2.05) is 73.6 Å². The first-order valence-corrected chi connectivity index (χ1v) is 12.2. The van der Waals surface area contributed by atoms with Crippen molar-refractivity contribution in [2.24, 2.45) is 4.99 Å². The summed E-state index contributed by atoms with van der Waals surface area (Å²) < 4.78 is 26.7. The average molecular weight is 463 g/mol. The number of aromatic hydroxyl groups is 1. The molecule has 170 valence electrons. The number of benzene rings is 3. The van der Waals surface area contributed by atoms with Crippen molar-refractivity contribution in [1.82, 2.24) is 4.98 Å². The Morgan fingerprint density at radius 3 is 2.36 bits per heavy atom. The Kier molecular flexibility index (Phi) is 6.11. The minimum atomic E-state index is -3.44. The maximum Gasteiger partial charge on any atom is 0.232 e. The highest BCUT2D eigenvalue weighted by Gasteiger charge is 2.19. The summed E-state index contributed by atoms with van der Waals surface area (Å²) in [5.74, 6) is -0.0660. The predicted molar refractivity (Wildman–Crippen MR) is 136 cm³/mol. The summed E-state index contributed by atoms with van der Waals surface area (Å²) in [5.41, 5.74) is 4.79. The molecule has 0 bridgehead atoms. The van der Waals surface area contributed by atoms with E-state index in [-0.39, 0.29) is 11.6 Å². The van der Waals surface area contributed by atoms with Crippen LogP contribution in [0, 0.1) is 0 Å². The molecule has 0 fully saturated rings. The molecule has 3 N–H and O–H groups in total. The lowest BCUT2D eigenvalue weighted by Gasteiger charge is -2.12. The summed E-state index contributed by atoms with van der Waals surface area (Å²) in [6, 6.07) is 22.5. The third-order valence-electron chi connectivity index (χ3n) is 5.32. The second kappa shape index (κ2) is 8.99. The Bertz CT molecular complexity index is 1410. The molecule has 0 radical (unpaired) electrons. The summed E-state index contributed by atoms with van der Waals surface area (Å²) in [4.78, 5) is 9.87. The number of aromatic amines is 1. The number of hydrogen-bond donors (Lipinski definition) is 3. The van der Waals surface area contributed by atoms with E-state index in [1.165, 1.54) is 0 Å². The summed E-state index contributed by atoms with van der Waals surface area (Å²) in [6.07, 6.45) is 0. The fraction of sp³-hybridized carbons (Fsp3) is 0.160. The quantitative estimate of drug-likeness (QED) is 0.341. The number of fused-ring (bicyclic) bond motifs is 1. The molecule has 8 heteroatoms. The highest BCUT2D eigenvalue weighted by Crippen LogP contribution is 2.33. The van der Waals surface area contributed by atoms with Gasteiger partial charge in [0.05, 0.1) is 22.7 Å². The molecular formula is C25H26N4O3S. The van der Waals surface area contributed by atoms with Gasteiger partial charge in [0.15, 0.2) is 5.88 Å². The van der Waals surface area contributed by atoms with Crippen molar-refractivity contribution < 1.29 is 13.5 Å². The molecule has 3 aromatic carbocycles. The van der Waals surface area contributed by atoms with Crippen LogP contribution in [0.3, 0.4) is 0 Å². The van der Waals surface area contributed by atoms with Crippen molar-refractivity contribution >= 4 is 43.7 Å². The summed E-state index contributed by atoms with van der Waals surface area (Å²) in [5, 5.41) is 11.5. The molecule has 0 aliphatic rings. The number of nitrogens with zero attached hydrogens (tertiary/aromatic N) is 2. The zero-order valence-corrected chi connectivity index (χ0v) is 19.5. The number of aromatic nitrogens is 1. The summed E-state index contributed by atoms with van der Waals surface area (Å²) in [7, 11) is 0.512. The third kappa shape index (κ3) is 4.85. The molecule has 1 aromatic heterocycles. The maximum absolute atomic E-state index is 12.1.